The van der Waals surface area contributed by atoms with Crippen molar-refractivity contribution in [3.05, 3.63) is 82.9 Å². The van der Waals surface area contributed by atoms with E-state index in [1.807, 2.05) is 6.08 Å². The van der Waals surface area contributed by atoms with E-state index in [0.717, 1.165) is 17.6 Å². The van der Waals surface area contributed by atoms with Crippen LogP contribution in [0.25, 0.3) is 5.76 Å². The molecular formula is C27H36O2Si. The van der Waals surface area contributed by atoms with Crippen molar-refractivity contribution >= 4 is 13.8 Å². The van der Waals surface area contributed by atoms with Crippen LogP contribution in [0.15, 0.2) is 55.1 Å². The number of fused-ring (bicyclic) bond motifs is 1. The van der Waals surface area contributed by atoms with Gasteiger partial charge in [-0.1, -0.05) is 88.5 Å². The first-order valence-electron chi connectivity index (χ1n) is 10.8. The highest BCUT2D eigenvalue weighted by Gasteiger charge is 2.38. The normalized spacial score (nSPS) is 16.1. The van der Waals surface area contributed by atoms with Crippen LogP contribution in [0, 0.1) is 6.92 Å². The smallest absolute Gasteiger partial charge is 0.126 e. The molecule has 3 heteroatoms. The maximum absolute atomic E-state index is 6.28. The van der Waals surface area contributed by atoms with Crippen LogP contribution in [-0.4, -0.2) is 21.8 Å². The molecule has 30 heavy (non-hydrogen) atoms. The number of rotatable bonds is 7. The van der Waals surface area contributed by atoms with Crippen LogP contribution in [-0.2, 0) is 16.2 Å². The monoisotopic (exact) mass is 420 g/mol. The number of hydrogen-bond acceptors (Lipinski definition) is 2. The molecule has 1 unspecified atom stereocenters. The molecule has 0 aromatic heterocycles. The van der Waals surface area contributed by atoms with Crippen LogP contribution in [0.1, 0.15) is 54.1 Å². The van der Waals surface area contributed by atoms with Gasteiger partial charge in [0.1, 0.15) is 18.1 Å². The van der Waals surface area contributed by atoms with Crippen molar-refractivity contribution in [3.8, 4) is 5.75 Å². The quantitative estimate of drug-likeness (QED) is 0.356. The predicted molar refractivity (Wildman–Crippen MR) is 131 cm³/mol. The van der Waals surface area contributed by atoms with E-state index < -0.39 is 8.07 Å². The van der Waals surface area contributed by atoms with Crippen molar-refractivity contribution in [2.24, 2.45) is 0 Å². The van der Waals surface area contributed by atoms with E-state index in [9.17, 15) is 0 Å². The third-order valence-corrected chi connectivity index (χ3v) is 9.50. The summed E-state index contributed by atoms with van der Waals surface area (Å²) in [5.74, 6) is 2.06. The molecule has 2 nitrogen and oxygen atoms in total. The fraction of sp³-hybridized carbons (Fsp3) is 0.407. The van der Waals surface area contributed by atoms with Crippen molar-refractivity contribution in [2.45, 2.75) is 57.8 Å². The van der Waals surface area contributed by atoms with Gasteiger partial charge in [-0.25, -0.2) is 0 Å². The van der Waals surface area contributed by atoms with Crippen LogP contribution in [0.5, 0.6) is 5.75 Å². The third-order valence-electron chi connectivity index (χ3n) is 6.05. The van der Waals surface area contributed by atoms with Gasteiger partial charge < -0.3 is 9.47 Å². The van der Waals surface area contributed by atoms with E-state index in [0.29, 0.717) is 12.1 Å². The van der Waals surface area contributed by atoms with Gasteiger partial charge in [0.25, 0.3) is 0 Å². The number of allylic oxidation sites excluding steroid dienone is 1. The van der Waals surface area contributed by atoms with Crippen molar-refractivity contribution in [1.29, 1.82) is 0 Å². The lowest BCUT2D eigenvalue weighted by Crippen LogP contribution is -2.37. The molecule has 1 aliphatic rings. The van der Waals surface area contributed by atoms with Gasteiger partial charge in [-0.3, -0.25) is 0 Å². The Labute approximate surface area is 183 Å². The summed E-state index contributed by atoms with van der Waals surface area (Å²) < 4.78 is 12.0. The summed E-state index contributed by atoms with van der Waals surface area (Å²) in [5, 5.41) is 0. The molecular weight excluding hydrogens is 384 g/mol. The molecule has 0 spiro atoms. The first kappa shape index (κ1) is 22.4. The maximum atomic E-state index is 6.28. The summed E-state index contributed by atoms with van der Waals surface area (Å²) in [5.41, 5.74) is 7.00. The van der Waals surface area contributed by atoms with E-state index in [1.165, 1.54) is 27.8 Å². The van der Waals surface area contributed by atoms with Crippen LogP contribution >= 0.6 is 0 Å². The molecule has 0 bridgehead atoms. The zero-order valence-electron chi connectivity index (χ0n) is 19.6. The van der Waals surface area contributed by atoms with Gasteiger partial charge in [0.05, 0.1) is 15.2 Å². The Bertz CT molecular complexity index is 963. The van der Waals surface area contributed by atoms with E-state index in [1.54, 1.807) is 7.11 Å². The molecule has 2 aromatic rings. The van der Waals surface area contributed by atoms with E-state index >= 15 is 0 Å². The van der Waals surface area contributed by atoms with Gasteiger partial charge in [0, 0.05) is 16.7 Å². The number of ether oxygens (including phenoxy) is 2. The second-order valence-electron chi connectivity index (χ2n) is 10.1. The zero-order chi connectivity index (χ0) is 22.1. The average molecular weight is 421 g/mol. The van der Waals surface area contributed by atoms with Gasteiger partial charge >= 0.3 is 0 Å². The molecule has 0 heterocycles. The topological polar surface area (TPSA) is 18.5 Å². The van der Waals surface area contributed by atoms with Gasteiger partial charge in [-0.2, -0.15) is 0 Å². The molecule has 160 valence electrons. The Morgan fingerprint density at radius 3 is 2.47 bits per heavy atom. The highest BCUT2D eigenvalue weighted by atomic mass is 28.3. The number of benzene rings is 2. The first-order chi connectivity index (χ1) is 14.1. The largest absolute Gasteiger partial charge is 0.496 e. The fourth-order valence-electron chi connectivity index (χ4n) is 4.60. The molecule has 3 rings (SSSR count). The third kappa shape index (κ3) is 4.41. The zero-order valence-corrected chi connectivity index (χ0v) is 20.6. The minimum Gasteiger partial charge on any atom is -0.496 e. The van der Waals surface area contributed by atoms with Gasteiger partial charge in [-0.05, 0) is 35.6 Å². The van der Waals surface area contributed by atoms with E-state index in [4.69, 9.17) is 9.47 Å². The lowest BCUT2D eigenvalue weighted by Gasteiger charge is -2.32. The minimum atomic E-state index is -1.76. The van der Waals surface area contributed by atoms with Crippen LogP contribution in [0.2, 0.25) is 13.1 Å². The Morgan fingerprint density at radius 2 is 1.83 bits per heavy atom. The Morgan fingerprint density at radius 1 is 1.13 bits per heavy atom. The maximum Gasteiger partial charge on any atom is 0.126 e. The van der Waals surface area contributed by atoms with Crippen molar-refractivity contribution in [3.63, 3.8) is 0 Å². The van der Waals surface area contributed by atoms with Crippen LogP contribution in [0.3, 0.4) is 0 Å². The molecule has 0 saturated heterocycles. The Kier molecular flexibility index (Phi) is 6.33. The van der Waals surface area contributed by atoms with Gasteiger partial charge in [0.2, 0.25) is 0 Å². The van der Waals surface area contributed by atoms with Crippen LogP contribution in [0.4, 0.5) is 0 Å². The lowest BCUT2D eigenvalue weighted by atomic mass is 9.84. The highest BCUT2D eigenvalue weighted by Crippen LogP contribution is 2.44. The van der Waals surface area contributed by atoms with Gasteiger partial charge in [0.15, 0.2) is 0 Å². The second kappa shape index (κ2) is 8.47. The second-order valence-corrected chi connectivity index (χ2v) is 15.1. The molecule has 0 saturated carbocycles. The summed E-state index contributed by atoms with van der Waals surface area (Å²) in [6, 6.07) is 14.3. The lowest BCUT2D eigenvalue weighted by molar-refractivity contribution is 0.348. The minimum absolute atomic E-state index is 0.0199. The molecule has 2 aromatic carbocycles. The predicted octanol–water partition coefficient (Wildman–Crippen LogP) is 6.97. The fourth-order valence-corrected chi connectivity index (χ4v) is 7.76. The molecule has 0 radical (unpaired) electrons. The molecule has 0 N–H and O–H groups in total. The van der Waals surface area contributed by atoms with Gasteiger partial charge in [-0.15, -0.1) is 0 Å². The highest BCUT2D eigenvalue weighted by molar-refractivity contribution is 6.79. The summed E-state index contributed by atoms with van der Waals surface area (Å²) in [6.07, 6.45) is 4.18. The summed E-state index contributed by atoms with van der Waals surface area (Å²) in [7, 11) is 0.0166. The summed E-state index contributed by atoms with van der Waals surface area (Å²) in [6.45, 7) is 18.3. The van der Waals surface area contributed by atoms with Crippen molar-refractivity contribution < 1.29 is 9.47 Å². The number of aryl methyl sites for hydroxylation is 1. The number of hydrogen-bond donors (Lipinski definition) is 0. The summed E-state index contributed by atoms with van der Waals surface area (Å²) >= 11 is 0. The molecule has 1 atom stereocenters. The summed E-state index contributed by atoms with van der Waals surface area (Å²) in [4.78, 5) is 0. The SMILES string of the molecule is C=CCOc1c(C[Si](C)(C)C2C=C(OC)c3ccccc32)cc(C)cc1C(C)(C)C. The van der Waals surface area contributed by atoms with E-state index in [-0.39, 0.29) is 5.41 Å². The van der Waals surface area contributed by atoms with Crippen LogP contribution < -0.4 is 4.74 Å². The first-order valence-corrected chi connectivity index (χ1v) is 14.1. The molecule has 0 fully saturated rings. The Balaban J connectivity index is 2.06. The number of methoxy groups -OCH3 is 1. The van der Waals surface area contributed by atoms with Crippen molar-refractivity contribution in [2.75, 3.05) is 13.7 Å². The molecule has 0 aliphatic heterocycles. The molecule has 0 amide bonds. The standard InChI is InChI=1S/C27H36O2Si/c1-9-14-29-26-20(15-19(2)16-23(26)27(3,4)5)18-30(7,8)25-17-24(28-6)21-12-10-11-13-22(21)25/h9-13,15-17,25H,1,14,18H2,2-8H3. The van der Waals surface area contributed by atoms with Crippen molar-refractivity contribution in [1.82, 2.24) is 0 Å². The van der Waals surface area contributed by atoms with E-state index in [2.05, 4.69) is 89.8 Å². The average Bonchev–Trinajstić information content (AvgIpc) is 3.05. The Hall–Kier alpha value is -2.26. The molecule has 1 aliphatic carbocycles.